The van der Waals surface area contributed by atoms with Crippen LogP contribution in [-0.4, -0.2) is 59.9 Å². The van der Waals surface area contributed by atoms with Crippen LogP contribution in [0.3, 0.4) is 0 Å². The van der Waals surface area contributed by atoms with E-state index < -0.39 is 0 Å². The van der Waals surface area contributed by atoms with E-state index in [0.717, 1.165) is 12.1 Å². The normalized spacial score (nSPS) is 21.8. The highest BCUT2D eigenvalue weighted by molar-refractivity contribution is 5.85. The van der Waals surface area contributed by atoms with E-state index in [2.05, 4.69) is 10.4 Å². The molecule has 2 atom stereocenters. The third kappa shape index (κ3) is 4.42. The van der Waals surface area contributed by atoms with Crippen LogP contribution in [0.25, 0.3) is 0 Å². The van der Waals surface area contributed by atoms with Gasteiger partial charge in [0.15, 0.2) is 0 Å². The molecule has 0 unspecified atom stereocenters. The third-order valence-corrected chi connectivity index (χ3v) is 5.47. The fourth-order valence-electron chi connectivity index (χ4n) is 4.03. The molecule has 0 radical (unpaired) electrons. The number of anilines is 1. The van der Waals surface area contributed by atoms with E-state index in [0.29, 0.717) is 38.4 Å². The van der Waals surface area contributed by atoms with Gasteiger partial charge in [-0.25, -0.2) is 4.39 Å². The number of rotatable bonds is 3. The first-order valence-electron chi connectivity index (χ1n) is 9.11. The SMILES string of the molecule is Cl.Cl.Cn1cc([C@H]2CNC[C@@H]2C(=O)N2CCN(c3ccccc3F)CC2)cn1. The van der Waals surface area contributed by atoms with E-state index in [1.165, 1.54) is 6.07 Å². The predicted octanol–water partition coefficient (Wildman–Crippen LogP) is 2.05. The van der Waals surface area contributed by atoms with E-state index in [1.807, 2.05) is 35.3 Å². The summed E-state index contributed by atoms with van der Waals surface area (Å²) in [6.45, 7) is 4.07. The molecule has 154 valence electrons. The van der Waals surface area contributed by atoms with Gasteiger partial charge in [-0.1, -0.05) is 12.1 Å². The Bertz CT molecular complexity index is 794. The molecule has 2 aliphatic rings. The van der Waals surface area contributed by atoms with Gasteiger partial charge in [-0.2, -0.15) is 5.10 Å². The molecular weight excluding hydrogens is 404 g/mol. The smallest absolute Gasteiger partial charge is 0.227 e. The molecule has 1 aromatic heterocycles. The summed E-state index contributed by atoms with van der Waals surface area (Å²) in [5, 5.41) is 7.59. The van der Waals surface area contributed by atoms with Crippen LogP contribution in [-0.2, 0) is 11.8 Å². The van der Waals surface area contributed by atoms with Gasteiger partial charge >= 0.3 is 0 Å². The van der Waals surface area contributed by atoms with E-state index in [9.17, 15) is 9.18 Å². The van der Waals surface area contributed by atoms with Gasteiger partial charge in [-0.15, -0.1) is 24.8 Å². The van der Waals surface area contributed by atoms with Crippen LogP contribution < -0.4 is 10.2 Å². The van der Waals surface area contributed by atoms with Crippen molar-refractivity contribution in [2.75, 3.05) is 44.2 Å². The predicted molar refractivity (Wildman–Crippen MR) is 112 cm³/mol. The molecule has 6 nitrogen and oxygen atoms in total. The monoisotopic (exact) mass is 429 g/mol. The Balaban J connectivity index is 0.00000140. The number of amides is 1. The molecule has 2 saturated heterocycles. The van der Waals surface area contributed by atoms with E-state index >= 15 is 0 Å². The molecule has 0 aliphatic carbocycles. The zero-order valence-electron chi connectivity index (χ0n) is 15.8. The number of halogens is 3. The van der Waals surface area contributed by atoms with E-state index in [-0.39, 0.29) is 48.4 Å². The summed E-state index contributed by atoms with van der Waals surface area (Å²) >= 11 is 0. The molecule has 28 heavy (non-hydrogen) atoms. The zero-order chi connectivity index (χ0) is 18.1. The summed E-state index contributed by atoms with van der Waals surface area (Å²) in [5.41, 5.74) is 1.73. The number of aromatic nitrogens is 2. The molecule has 0 saturated carbocycles. The lowest BCUT2D eigenvalue weighted by atomic mass is 9.89. The molecule has 0 spiro atoms. The minimum Gasteiger partial charge on any atom is -0.366 e. The molecular formula is C19H26Cl2FN5O. The lowest BCUT2D eigenvalue weighted by Gasteiger charge is -2.37. The molecule has 9 heteroatoms. The maximum atomic E-state index is 14.0. The second kappa shape index (κ2) is 9.58. The van der Waals surface area contributed by atoms with Crippen LogP contribution in [0, 0.1) is 11.7 Å². The summed E-state index contributed by atoms with van der Waals surface area (Å²) < 4.78 is 15.8. The van der Waals surface area contributed by atoms with Gasteiger partial charge in [0.05, 0.1) is 17.8 Å². The van der Waals surface area contributed by atoms with Crippen molar-refractivity contribution < 1.29 is 9.18 Å². The minimum atomic E-state index is -0.205. The Morgan fingerprint density at radius 3 is 2.50 bits per heavy atom. The Labute approximate surface area is 176 Å². The van der Waals surface area contributed by atoms with Crippen LogP contribution in [0.2, 0.25) is 0 Å². The maximum Gasteiger partial charge on any atom is 0.227 e. The Kier molecular flexibility index (Phi) is 7.69. The Hall–Kier alpha value is -1.83. The largest absolute Gasteiger partial charge is 0.366 e. The average Bonchev–Trinajstić information content (AvgIpc) is 3.30. The first kappa shape index (κ1) is 22.5. The standard InChI is InChI=1S/C19H24FN5O.2ClH/c1-23-13-14(10-22-23)15-11-21-12-16(15)19(26)25-8-6-24(7-9-25)18-5-3-2-4-17(18)20;;/h2-5,10,13,15-16,21H,6-9,11-12H2,1H3;2*1H/t15-,16+;;/m1../s1. The summed E-state index contributed by atoms with van der Waals surface area (Å²) in [6.07, 6.45) is 3.85. The summed E-state index contributed by atoms with van der Waals surface area (Å²) in [6, 6.07) is 6.82. The number of benzene rings is 1. The number of para-hydroxylation sites is 1. The highest BCUT2D eigenvalue weighted by atomic mass is 35.5. The van der Waals surface area contributed by atoms with Crippen molar-refractivity contribution in [3.8, 4) is 0 Å². The molecule has 0 bridgehead atoms. The number of hydrogen-bond donors (Lipinski definition) is 1. The molecule has 2 aromatic rings. The summed E-state index contributed by atoms with van der Waals surface area (Å²) in [4.78, 5) is 17.0. The third-order valence-electron chi connectivity index (χ3n) is 5.47. The number of hydrogen-bond acceptors (Lipinski definition) is 4. The number of carbonyl (C=O) groups excluding carboxylic acids is 1. The molecule has 2 aliphatic heterocycles. The first-order valence-corrected chi connectivity index (χ1v) is 9.11. The van der Waals surface area contributed by atoms with Crippen LogP contribution in [0.15, 0.2) is 36.7 Å². The molecule has 4 rings (SSSR count). The zero-order valence-corrected chi connectivity index (χ0v) is 17.4. The summed E-state index contributed by atoms with van der Waals surface area (Å²) in [5.74, 6) is 0.0981. The molecule has 3 heterocycles. The van der Waals surface area contributed by atoms with Crippen molar-refractivity contribution in [2.24, 2.45) is 13.0 Å². The van der Waals surface area contributed by atoms with Gasteiger partial charge < -0.3 is 15.1 Å². The maximum absolute atomic E-state index is 14.0. The van der Waals surface area contributed by atoms with Crippen molar-refractivity contribution in [2.45, 2.75) is 5.92 Å². The van der Waals surface area contributed by atoms with Gasteiger partial charge in [0.25, 0.3) is 0 Å². The minimum absolute atomic E-state index is 0. The fourth-order valence-corrected chi connectivity index (χ4v) is 4.03. The van der Waals surface area contributed by atoms with Crippen molar-refractivity contribution in [1.82, 2.24) is 20.0 Å². The van der Waals surface area contributed by atoms with E-state index in [4.69, 9.17) is 0 Å². The lowest BCUT2D eigenvalue weighted by Crippen LogP contribution is -2.51. The Morgan fingerprint density at radius 1 is 1.14 bits per heavy atom. The van der Waals surface area contributed by atoms with Gasteiger partial charge in [-0.05, 0) is 17.7 Å². The van der Waals surface area contributed by atoms with Gasteiger partial charge in [-0.3, -0.25) is 9.48 Å². The van der Waals surface area contributed by atoms with Crippen LogP contribution in [0.5, 0.6) is 0 Å². The van der Waals surface area contributed by atoms with Gasteiger partial charge in [0.2, 0.25) is 5.91 Å². The molecule has 1 amide bonds. The molecule has 2 fully saturated rings. The second-order valence-corrected chi connectivity index (χ2v) is 7.08. The molecule has 1 N–H and O–H groups in total. The van der Waals surface area contributed by atoms with Crippen molar-refractivity contribution >= 4 is 36.4 Å². The second-order valence-electron chi connectivity index (χ2n) is 7.08. The Morgan fingerprint density at radius 2 is 1.86 bits per heavy atom. The lowest BCUT2D eigenvalue weighted by molar-refractivity contribution is -0.135. The van der Waals surface area contributed by atoms with Crippen molar-refractivity contribution in [3.63, 3.8) is 0 Å². The fraction of sp³-hybridized carbons (Fsp3) is 0.474. The summed E-state index contributed by atoms with van der Waals surface area (Å²) in [7, 11) is 1.89. The number of nitrogens with one attached hydrogen (secondary N) is 1. The highest BCUT2D eigenvalue weighted by Gasteiger charge is 2.37. The van der Waals surface area contributed by atoms with Gasteiger partial charge in [0.1, 0.15) is 5.82 Å². The highest BCUT2D eigenvalue weighted by Crippen LogP contribution is 2.30. The number of piperazine rings is 1. The van der Waals surface area contributed by atoms with E-state index in [1.54, 1.807) is 16.8 Å². The van der Waals surface area contributed by atoms with Crippen LogP contribution in [0.1, 0.15) is 11.5 Å². The van der Waals surface area contributed by atoms with Crippen LogP contribution >= 0.6 is 24.8 Å². The number of aryl methyl sites for hydroxylation is 1. The van der Waals surface area contributed by atoms with Crippen molar-refractivity contribution in [1.29, 1.82) is 0 Å². The molecule has 1 aromatic carbocycles. The topological polar surface area (TPSA) is 53.4 Å². The quantitative estimate of drug-likeness (QED) is 0.810. The first-order chi connectivity index (χ1) is 12.6. The number of nitrogens with zero attached hydrogens (tertiary/aromatic N) is 4. The van der Waals surface area contributed by atoms with Crippen LogP contribution in [0.4, 0.5) is 10.1 Å². The average molecular weight is 430 g/mol. The number of carbonyl (C=O) groups is 1. The van der Waals surface area contributed by atoms with Crippen molar-refractivity contribution in [3.05, 3.63) is 48.0 Å². The van der Waals surface area contributed by atoms with Gasteiger partial charge in [0, 0.05) is 58.4 Å².